The minimum Gasteiger partial charge on any atom is -0.476 e. The van der Waals surface area contributed by atoms with E-state index in [-0.39, 0.29) is 5.01 Å². The summed E-state index contributed by atoms with van der Waals surface area (Å²) in [4.78, 5) is 14.7. The van der Waals surface area contributed by atoms with Crippen LogP contribution in [-0.4, -0.2) is 16.1 Å². The third-order valence-electron chi connectivity index (χ3n) is 2.25. The highest BCUT2D eigenvalue weighted by molar-refractivity contribution is 9.10. The van der Waals surface area contributed by atoms with Gasteiger partial charge in [0, 0.05) is 15.5 Å². The largest absolute Gasteiger partial charge is 0.476 e. The number of carboxylic acids is 1. The molecule has 2 N–H and O–H groups in total. The summed E-state index contributed by atoms with van der Waals surface area (Å²) < 4.78 is 1.01. The van der Waals surface area contributed by atoms with Crippen molar-refractivity contribution in [3.05, 3.63) is 44.3 Å². The molecule has 1 aromatic heterocycles. The first kappa shape index (κ1) is 13.0. The maximum absolute atomic E-state index is 10.7. The molecule has 0 atom stereocenters. The monoisotopic (exact) mass is 326 g/mol. The molecule has 0 bridgehead atoms. The van der Waals surface area contributed by atoms with Gasteiger partial charge >= 0.3 is 5.97 Å². The Balaban J connectivity index is 2.04. The fourth-order valence-electron chi connectivity index (χ4n) is 1.52. The van der Waals surface area contributed by atoms with Crippen molar-refractivity contribution < 1.29 is 9.90 Å². The van der Waals surface area contributed by atoms with E-state index < -0.39 is 5.97 Å². The van der Waals surface area contributed by atoms with Gasteiger partial charge in [0.1, 0.15) is 0 Å². The number of hydrogen-bond donors (Lipinski definition) is 2. The van der Waals surface area contributed by atoms with E-state index >= 15 is 0 Å². The Hall–Kier alpha value is -1.40. The Morgan fingerprint density at radius 1 is 1.50 bits per heavy atom. The van der Waals surface area contributed by atoms with Gasteiger partial charge in [0.05, 0.1) is 12.2 Å². The molecule has 2 aromatic rings. The average Bonchev–Trinajstić information content (AvgIpc) is 2.73. The molecule has 0 radical (unpaired) electrons. The highest BCUT2D eigenvalue weighted by atomic mass is 79.9. The summed E-state index contributed by atoms with van der Waals surface area (Å²) in [5.74, 6) is -0.982. The van der Waals surface area contributed by atoms with E-state index in [9.17, 15) is 4.79 Å². The quantitative estimate of drug-likeness (QED) is 0.902. The lowest BCUT2D eigenvalue weighted by Gasteiger charge is -2.06. The molecule has 18 heavy (non-hydrogen) atoms. The molecule has 4 nitrogen and oxygen atoms in total. The molecule has 0 spiro atoms. The van der Waals surface area contributed by atoms with Crippen molar-refractivity contribution in [3.63, 3.8) is 0 Å². The number of anilines is 1. The molecule has 1 heterocycles. The van der Waals surface area contributed by atoms with Crippen LogP contribution in [0.4, 0.5) is 5.69 Å². The Morgan fingerprint density at radius 2 is 2.28 bits per heavy atom. The SMILES string of the molecule is Cc1cc(Br)cc(NCc2csc(C(=O)O)n2)c1. The van der Waals surface area contributed by atoms with Crippen molar-refractivity contribution in [2.45, 2.75) is 13.5 Å². The molecule has 0 aliphatic rings. The van der Waals surface area contributed by atoms with Crippen LogP contribution in [0, 0.1) is 6.92 Å². The maximum atomic E-state index is 10.7. The van der Waals surface area contributed by atoms with E-state index in [1.54, 1.807) is 5.38 Å². The lowest BCUT2D eigenvalue weighted by Crippen LogP contribution is -2.01. The van der Waals surface area contributed by atoms with Crippen LogP contribution in [-0.2, 0) is 6.54 Å². The van der Waals surface area contributed by atoms with Gasteiger partial charge in [-0.3, -0.25) is 0 Å². The summed E-state index contributed by atoms with van der Waals surface area (Å²) in [6, 6.07) is 6.02. The van der Waals surface area contributed by atoms with Gasteiger partial charge in [-0.05, 0) is 30.7 Å². The Labute approximate surface area is 117 Å². The molecule has 0 aliphatic carbocycles. The highest BCUT2D eigenvalue weighted by Gasteiger charge is 2.08. The molecule has 94 valence electrons. The molecule has 2 rings (SSSR count). The summed E-state index contributed by atoms with van der Waals surface area (Å²) in [5, 5.41) is 13.9. The molecule has 0 aliphatic heterocycles. The van der Waals surface area contributed by atoms with Gasteiger partial charge in [0.2, 0.25) is 5.01 Å². The Morgan fingerprint density at radius 3 is 2.89 bits per heavy atom. The van der Waals surface area contributed by atoms with Gasteiger partial charge in [-0.1, -0.05) is 15.9 Å². The molecule has 0 unspecified atom stereocenters. The van der Waals surface area contributed by atoms with Crippen LogP contribution in [0.1, 0.15) is 21.1 Å². The number of nitrogens with one attached hydrogen (secondary N) is 1. The van der Waals surface area contributed by atoms with E-state index in [1.165, 1.54) is 0 Å². The molecular weight excluding hydrogens is 316 g/mol. The van der Waals surface area contributed by atoms with Gasteiger partial charge < -0.3 is 10.4 Å². The molecule has 0 amide bonds. The average molecular weight is 327 g/mol. The summed E-state index contributed by atoms with van der Waals surface area (Å²) >= 11 is 4.57. The van der Waals surface area contributed by atoms with Gasteiger partial charge in [0.25, 0.3) is 0 Å². The molecular formula is C12H11BrN2O2S. The first-order chi connectivity index (χ1) is 8.54. The number of carbonyl (C=O) groups is 1. The number of aromatic carboxylic acids is 1. The van der Waals surface area contributed by atoms with Crippen molar-refractivity contribution >= 4 is 38.9 Å². The van der Waals surface area contributed by atoms with Gasteiger partial charge in [-0.15, -0.1) is 11.3 Å². The van der Waals surface area contributed by atoms with Crippen LogP contribution in [0.25, 0.3) is 0 Å². The van der Waals surface area contributed by atoms with Crippen LogP contribution < -0.4 is 5.32 Å². The highest BCUT2D eigenvalue weighted by Crippen LogP contribution is 2.20. The number of aryl methyl sites for hydroxylation is 1. The fraction of sp³-hybridized carbons (Fsp3) is 0.167. The Kier molecular flexibility index (Phi) is 3.98. The third kappa shape index (κ3) is 3.30. The van der Waals surface area contributed by atoms with Crippen LogP contribution in [0.5, 0.6) is 0 Å². The number of nitrogens with zero attached hydrogens (tertiary/aromatic N) is 1. The zero-order valence-electron chi connectivity index (χ0n) is 9.61. The van der Waals surface area contributed by atoms with Crippen molar-refractivity contribution in [1.29, 1.82) is 0 Å². The standard InChI is InChI=1S/C12H11BrN2O2S/c1-7-2-8(13)4-9(3-7)14-5-10-6-18-11(15-10)12(16)17/h2-4,6,14H,5H2,1H3,(H,16,17). The summed E-state index contributed by atoms with van der Waals surface area (Å²) in [6.45, 7) is 2.53. The van der Waals surface area contributed by atoms with Crippen LogP contribution >= 0.6 is 27.3 Å². The second kappa shape index (κ2) is 5.49. The topological polar surface area (TPSA) is 62.2 Å². The van der Waals surface area contributed by atoms with Crippen LogP contribution in [0.2, 0.25) is 0 Å². The van der Waals surface area contributed by atoms with Gasteiger partial charge in [-0.2, -0.15) is 0 Å². The number of benzene rings is 1. The van der Waals surface area contributed by atoms with Gasteiger partial charge in [0.15, 0.2) is 0 Å². The lowest BCUT2D eigenvalue weighted by molar-refractivity contribution is 0.0696. The smallest absolute Gasteiger partial charge is 0.365 e. The predicted octanol–water partition coefficient (Wildman–Crippen LogP) is 3.52. The first-order valence-electron chi connectivity index (χ1n) is 5.23. The molecule has 0 saturated carbocycles. The van der Waals surface area contributed by atoms with Crippen molar-refractivity contribution in [2.24, 2.45) is 0 Å². The number of aromatic nitrogens is 1. The molecule has 0 fully saturated rings. The third-order valence-corrected chi connectivity index (χ3v) is 3.59. The number of thiazole rings is 1. The minimum absolute atomic E-state index is 0.122. The zero-order valence-corrected chi connectivity index (χ0v) is 12.0. The zero-order chi connectivity index (χ0) is 13.1. The second-order valence-corrected chi connectivity index (χ2v) is 5.59. The first-order valence-corrected chi connectivity index (χ1v) is 6.90. The van der Waals surface area contributed by atoms with E-state index in [2.05, 4.69) is 26.2 Å². The van der Waals surface area contributed by atoms with Crippen molar-refractivity contribution in [1.82, 2.24) is 4.98 Å². The lowest BCUT2D eigenvalue weighted by atomic mass is 10.2. The maximum Gasteiger partial charge on any atom is 0.365 e. The fourth-order valence-corrected chi connectivity index (χ4v) is 2.78. The predicted molar refractivity (Wildman–Crippen MR) is 75.3 cm³/mol. The van der Waals surface area contributed by atoms with E-state index in [0.717, 1.165) is 32.8 Å². The summed E-state index contributed by atoms with van der Waals surface area (Å²) in [7, 11) is 0. The normalized spacial score (nSPS) is 10.3. The molecule has 6 heteroatoms. The van der Waals surface area contributed by atoms with Gasteiger partial charge in [-0.25, -0.2) is 9.78 Å². The van der Waals surface area contributed by atoms with E-state index in [0.29, 0.717) is 6.54 Å². The minimum atomic E-state index is -0.982. The number of hydrogen-bond acceptors (Lipinski definition) is 4. The molecule has 0 saturated heterocycles. The summed E-state index contributed by atoms with van der Waals surface area (Å²) in [5.41, 5.74) is 2.86. The second-order valence-electron chi connectivity index (χ2n) is 3.82. The molecule has 1 aromatic carbocycles. The van der Waals surface area contributed by atoms with Crippen LogP contribution in [0.3, 0.4) is 0 Å². The number of carboxylic acid groups (broad SMARTS) is 1. The van der Waals surface area contributed by atoms with E-state index in [1.807, 2.05) is 25.1 Å². The van der Waals surface area contributed by atoms with Crippen molar-refractivity contribution in [3.8, 4) is 0 Å². The number of rotatable bonds is 4. The van der Waals surface area contributed by atoms with E-state index in [4.69, 9.17) is 5.11 Å². The Bertz CT molecular complexity index is 563. The summed E-state index contributed by atoms with van der Waals surface area (Å²) in [6.07, 6.45) is 0. The number of halogens is 1. The van der Waals surface area contributed by atoms with Crippen LogP contribution in [0.15, 0.2) is 28.1 Å². The van der Waals surface area contributed by atoms with Crippen molar-refractivity contribution in [2.75, 3.05) is 5.32 Å².